The Kier molecular flexibility index (Phi) is 3.83. The second-order valence-electron chi connectivity index (χ2n) is 5.06. The molecule has 0 aliphatic rings. The van der Waals surface area contributed by atoms with Crippen LogP contribution in [-0.4, -0.2) is 11.7 Å². The molecule has 0 aliphatic carbocycles. The lowest BCUT2D eigenvalue weighted by Crippen LogP contribution is -2.15. The van der Waals surface area contributed by atoms with E-state index in [0.717, 1.165) is 10.9 Å². The average Bonchev–Trinajstić information content (AvgIpc) is 2.56. The standard InChI is InChI=1S/C18H17NO3/c1-19-11-10-14-15(18(19)20)8-9-16(21-2)17(14)22-12-13-6-4-3-5-7-13/h3-11H,12H2,1-2H3. The fraction of sp³-hybridized carbons (Fsp3) is 0.167. The Bertz CT molecular complexity index is 853. The minimum absolute atomic E-state index is 0.0512. The van der Waals surface area contributed by atoms with E-state index in [4.69, 9.17) is 9.47 Å². The maximum absolute atomic E-state index is 12.2. The topological polar surface area (TPSA) is 40.5 Å². The van der Waals surface area contributed by atoms with E-state index < -0.39 is 0 Å². The Morgan fingerprint density at radius 2 is 1.77 bits per heavy atom. The van der Waals surface area contributed by atoms with Gasteiger partial charge in [0, 0.05) is 18.6 Å². The molecule has 0 N–H and O–H groups in total. The lowest BCUT2D eigenvalue weighted by molar-refractivity contribution is 0.288. The SMILES string of the molecule is COc1ccc2c(=O)n(C)ccc2c1OCc1ccccc1. The third kappa shape index (κ3) is 2.55. The van der Waals surface area contributed by atoms with Crippen LogP contribution in [0.25, 0.3) is 10.8 Å². The summed E-state index contributed by atoms with van der Waals surface area (Å²) in [5.41, 5.74) is 1.01. The van der Waals surface area contributed by atoms with Crippen LogP contribution in [0.1, 0.15) is 5.56 Å². The van der Waals surface area contributed by atoms with E-state index in [0.29, 0.717) is 23.5 Å². The van der Waals surface area contributed by atoms with Gasteiger partial charge in [0.25, 0.3) is 5.56 Å². The molecule has 22 heavy (non-hydrogen) atoms. The van der Waals surface area contributed by atoms with Crippen LogP contribution >= 0.6 is 0 Å². The van der Waals surface area contributed by atoms with Gasteiger partial charge in [-0.3, -0.25) is 4.79 Å². The molecule has 112 valence electrons. The van der Waals surface area contributed by atoms with E-state index >= 15 is 0 Å². The Morgan fingerprint density at radius 1 is 1.00 bits per heavy atom. The van der Waals surface area contributed by atoms with E-state index in [9.17, 15) is 4.79 Å². The number of ether oxygens (including phenoxy) is 2. The summed E-state index contributed by atoms with van der Waals surface area (Å²) in [5, 5.41) is 1.38. The molecule has 0 unspecified atom stereocenters. The van der Waals surface area contributed by atoms with Crippen molar-refractivity contribution in [3.8, 4) is 11.5 Å². The quantitative estimate of drug-likeness (QED) is 0.742. The van der Waals surface area contributed by atoms with Crippen molar-refractivity contribution in [2.75, 3.05) is 7.11 Å². The molecule has 0 amide bonds. The minimum atomic E-state index is -0.0512. The number of hydrogen-bond donors (Lipinski definition) is 0. The molecule has 4 nitrogen and oxygen atoms in total. The van der Waals surface area contributed by atoms with Crippen LogP contribution in [0, 0.1) is 0 Å². The molecular formula is C18H17NO3. The van der Waals surface area contributed by atoms with Crippen molar-refractivity contribution in [2.45, 2.75) is 6.61 Å². The van der Waals surface area contributed by atoms with Gasteiger partial charge in [0.2, 0.25) is 0 Å². The fourth-order valence-electron chi connectivity index (χ4n) is 2.41. The third-order valence-corrected chi connectivity index (χ3v) is 3.62. The molecule has 1 aromatic heterocycles. The summed E-state index contributed by atoms with van der Waals surface area (Å²) in [7, 11) is 3.33. The maximum Gasteiger partial charge on any atom is 0.258 e. The van der Waals surface area contributed by atoms with Gasteiger partial charge in [0.15, 0.2) is 11.5 Å². The monoisotopic (exact) mass is 295 g/mol. The molecule has 0 saturated heterocycles. The molecular weight excluding hydrogens is 278 g/mol. The van der Waals surface area contributed by atoms with Gasteiger partial charge in [-0.25, -0.2) is 0 Å². The summed E-state index contributed by atoms with van der Waals surface area (Å²) in [4.78, 5) is 12.2. The number of aromatic nitrogens is 1. The zero-order valence-corrected chi connectivity index (χ0v) is 12.6. The van der Waals surface area contributed by atoms with Crippen LogP contribution in [0.15, 0.2) is 59.5 Å². The number of benzene rings is 2. The van der Waals surface area contributed by atoms with Crippen LogP contribution in [-0.2, 0) is 13.7 Å². The normalized spacial score (nSPS) is 10.6. The van der Waals surface area contributed by atoms with E-state index in [1.807, 2.05) is 36.4 Å². The number of pyridine rings is 1. The molecule has 2 aromatic carbocycles. The smallest absolute Gasteiger partial charge is 0.258 e. The molecule has 4 heteroatoms. The summed E-state index contributed by atoms with van der Waals surface area (Å²) >= 11 is 0. The van der Waals surface area contributed by atoms with Crippen molar-refractivity contribution in [3.05, 3.63) is 70.6 Å². The van der Waals surface area contributed by atoms with Crippen LogP contribution in [0.3, 0.4) is 0 Å². The average molecular weight is 295 g/mol. The number of fused-ring (bicyclic) bond motifs is 1. The molecule has 0 spiro atoms. The Labute approximate surface area is 128 Å². The zero-order valence-electron chi connectivity index (χ0n) is 12.6. The predicted molar refractivity (Wildman–Crippen MR) is 86.5 cm³/mol. The Balaban J connectivity index is 2.06. The van der Waals surface area contributed by atoms with Gasteiger partial charge in [-0.15, -0.1) is 0 Å². The van der Waals surface area contributed by atoms with Crippen molar-refractivity contribution < 1.29 is 9.47 Å². The fourth-order valence-corrected chi connectivity index (χ4v) is 2.41. The number of rotatable bonds is 4. The summed E-state index contributed by atoms with van der Waals surface area (Å²) in [6, 6.07) is 15.3. The Morgan fingerprint density at radius 3 is 2.50 bits per heavy atom. The van der Waals surface area contributed by atoms with Crippen molar-refractivity contribution in [2.24, 2.45) is 7.05 Å². The second-order valence-corrected chi connectivity index (χ2v) is 5.06. The molecule has 0 radical (unpaired) electrons. The van der Waals surface area contributed by atoms with E-state index in [-0.39, 0.29) is 5.56 Å². The molecule has 3 rings (SSSR count). The van der Waals surface area contributed by atoms with Crippen LogP contribution in [0.4, 0.5) is 0 Å². The van der Waals surface area contributed by atoms with Crippen LogP contribution < -0.4 is 15.0 Å². The highest BCUT2D eigenvalue weighted by molar-refractivity contribution is 5.90. The van der Waals surface area contributed by atoms with Crippen LogP contribution in [0.2, 0.25) is 0 Å². The molecule has 0 aliphatic heterocycles. The number of aryl methyl sites for hydroxylation is 1. The van der Waals surface area contributed by atoms with Crippen LogP contribution in [0.5, 0.6) is 11.5 Å². The van der Waals surface area contributed by atoms with Gasteiger partial charge >= 0.3 is 0 Å². The van der Waals surface area contributed by atoms with E-state index in [1.165, 1.54) is 0 Å². The molecule has 0 saturated carbocycles. The van der Waals surface area contributed by atoms with Gasteiger partial charge in [0.1, 0.15) is 6.61 Å². The number of nitrogens with zero attached hydrogens (tertiary/aromatic N) is 1. The van der Waals surface area contributed by atoms with Gasteiger partial charge in [-0.05, 0) is 23.8 Å². The molecule has 0 atom stereocenters. The van der Waals surface area contributed by atoms with Crippen molar-refractivity contribution in [1.82, 2.24) is 4.57 Å². The lowest BCUT2D eigenvalue weighted by atomic mass is 10.1. The summed E-state index contributed by atoms with van der Waals surface area (Å²) in [6.45, 7) is 0.422. The zero-order chi connectivity index (χ0) is 15.5. The first-order valence-electron chi connectivity index (χ1n) is 7.04. The van der Waals surface area contributed by atoms with Gasteiger partial charge in [-0.2, -0.15) is 0 Å². The molecule has 0 bridgehead atoms. The first-order chi connectivity index (χ1) is 10.7. The van der Waals surface area contributed by atoms with Crippen molar-refractivity contribution >= 4 is 10.8 Å². The van der Waals surface area contributed by atoms with Gasteiger partial charge < -0.3 is 14.0 Å². The van der Waals surface area contributed by atoms with Gasteiger partial charge in [-0.1, -0.05) is 30.3 Å². The largest absolute Gasteiger partial charge is 0.493 e. The third-order valence-electron chi connectivity index (χ3n) is 3.62. The van der Waals surface area contributed by atoms with Crippen molar-refractivity contribution in [3.63, 3.8) is 0 Å². The summed E-state index contributed by atoms with van der Waals surface area (Å²) < 4.78 is 12.9. The lowest BCUT2D eigenvalue weighted by Gasteiger charge is -2.14. The van der Waals surface area contributed by atoms with Gasteiger partial charge in [0.05, 0.1) is 12.5 Å². The first-order valence-corrected chi connectivity index (χ1v) is 7.04. The van der Waals surface area contributed by atoms with E-state index in [2.05, 4.69) is 0 Å². The summed E-state index contributed by atoms with van der Waals surface area (Å²) in [5.74, 6) is 1.22. The molecule has 0 fully saturated rings. The summed E-state index contributed by atoms with van der Waals surface area (Å²) in [6.07, 6.45) is 1.74. The van der Waals surface area contributed by atoms with E-state index in [1.54, 1.807) is 37.1 Å². The predicted octanol–water partition coefficient (Wildman–Crippen LogP) is 3.13. The second kappa shape index (κ2) is 5.93. The highest BCUT2D eigenvalue weighted by atomic mass is 16.5. The number of methoxy groups -OCH3 is 1. The Hall–Kier alpha value is -2.75. The maximum atomic E-state index is 12.2. The number of hydrogen-bond acceptors (Lipinski definition) is 3. The highest BCUT2D eigenvalue weighted by Gasteiger charge is 2.12. The highest BCUT2D eigenvalue weighted by Crippen LogP contribution is 2.34. The molecule has 1 heterocycles. The van der Waals surface area contributed by atoms with Crippen molar-refractivity contribution in [1.29, 1.82) is 0 Å². The minimum Gasteiger partial charge on any atom is -0.493 e. The first kappa shape index (κ1) is 14.2. The molecule has 3 aromatic rings.